The fraction of sp³-hybridized carbons (Fsp3) is 0.278. The van der Waals surface area contributed by atoms with Gasteiger partial charge < -0.3 is 15.4 Å². The van der Waals surface area contributed by atoms with Crippen molar-refractivity contribution in [1.29, 1.82) is 0 Å². The third kappa shape index (κ3) is 8.15. The number of nitrogens with one attached hydrogen (secondary N) is 2. The van der Waals surface area contributed by atoms with Crippen LogP contribution >= 0.6 is 24.0 Å². The highest BCUT2D eigenvalue weighted by atomic mass is 127. The van der Waals surface area contributed by atoms with Gasteiger partial charge in [0, 0.05) is 20.1 Å². The Morgan fingerprint density at radius 3 is 2.44 bits per heavy atom. The van der Waals surface area contributed by atoms with Gasteiger partial charge in [0.2, 0.25) is 0 Å². The summed E-state index contributed by atoms with van der Waals surface area (Å²) in [6.45, 7) is -1.61. The minimum absolute atomic E-state index is 0. The third-order valence-electron chi connectivity index (χ3n) is 3.36. The van der Waals surface area contributed by atoms with Gasteiger partial charge >= 0.3 is 6.61 Å². The minimum Gasteiger partial charge on any atom is -0.435 e. The second-order valence-electron chi connectivity index (χ2n) is 5.11. The number of hydrogen-bond acceptors (Lipinski definition) is 2. The van der Waals surface area contributed by atoms with E-state index in [-0.39, 0.29) is 29.7 Å². The molecule has 2 N–H and O–H groups in total. The van der Waals surface area contributed by atoms with Crippen LogP contribution in [0.25, 0.3) is 0 Å². The Labute approximate surface area is 163 Å². The lowest BCUT2D eigenvalue weighted by atomic mass is 10.1. The summed E-state index contributed by atoms with van der Waals surface area (Å²) in [6.07, 6.45) is 0.888. The normalized spacial score (nSPS) is 11.0. The Balaban J connectivity index is 0.00000312. The first-order valence-electron chi connectivity index (χ1n) is 7.69. The van der Waals surface area contributed by atoms with Crippen molar-refractivity contribution in [1.82, 2.24) is 10.6 Å². The summed E-state index contributed by atoms with van der Waals surface area (Å²) in [5.41, 5.74) is 2.08. The highest BCUT2D eigenvalue weighted by molar-refractivity contribution is 14.0. The lowest BCUT2D eigenvalue weighted by molar-refractivity contribution is -0.0498. The molecule has 0 aliphatic heterocycles. The molecule has 4 nitrogen and oxygen atoms in total. The van der Waals surface area contributed by atoms with E-state index in [0.29, 0.717) is 12.5 Å². The van der Waals surface area contributed by atoms with Crippen LogP contribution in [0.1, 0.15) is 11.1 Å². The number of rotatable bonds is 7. The maximum absolute atomic E-state index is 12.2. The highest BCUT2D eigenvalue weighted by Crippen LogP contribution is 2.15. The van der Waals surface area contributed by atoms with Gasteiger partial charge in [-0.3, -0.25) is 4.99 Å². The fourth-order valence-electron chi connectivity index (χ4n) is 2.21. The van der Waals surface area contributed by atoms with Crippen molar-refractivity contribution in [2.24, 2.45) is 4.99 Å². The van der Waals surface area contributed by atoms with Crippen LogP contribution < -0.4 is 15.4 Å². The largest absolute Gasteiger partial charge is 0.435 e. The van der Waals surface area contributed by atoms with E-state index in [1.807, 2.05) is 24.3 Å². The maximum atomic E-state index is 12.2. The number of nitrogens with zero attached hydrogens (tertiary/aromatic N) is 1. The molecule has 0 saturated carbocycles. The Bertz CT molecular complexity index is 654. The predicted octanol–water partition coefficient (Wildman–Crippen LogP) is 3.81. The number of aliphatic imine (C=N–C) groups is 1. The number of hydrogen-bond donors (Lipinski definition) is 2. The van der Waals surface area contributed by atoms with Gasteiger partial charge in [0.25, 0.3) is 0 Å². The van der Waals surface area contributed by atoms with Crippen molar-refractivity contribution in [3.63, 3.8) is 0 Å². The van der Waals surface area contributed by atoms with E-state index in [2.05, 4.69) is 32.5 Å². The standard InChI is InChI=1S/C18H21F2N3O.HI/c1-21-18(22-11-10-14-6-3-2-4-7-14)23-13-15-8-5-9-16(12-15)24-17(19)20;/h2-9,12,17H,10-11,13H2,1H3,(H2,21,22,23);1H. The van der Waals surface area contributed by atoms with Crippen molar-refractivity contribution >= 4 is 29.9 Å². The molecule has 2 aromatic carbocycles. The van der Waals surface area contributed by atoms with Gasteiger partial charge in [-0.2, -0.15) is 8.78 Å². The molecule has 2 aromatic rings. The summed E-state index contributed by atoms with van der Waals surface area (Å²) in [5.74, 6) is 0.808. The third-order valence-corrected chi connectivity index (χ3v) is 3.36. The number of alkyl halides is 2. The van der Waals surface area contributed by atoms with Crippen molar-refractivity contribution in [2.45, 2.75) is 19.6 Å². The lowest BCUT2D eigenvalue weighted by Gasteiger charge is -2.12. The lowest BCUT2D eigenvalue weighted by Crippen LogP contribution is -2.37. The van der Waals surface area contributed by atoms with Gasteiger partial charge in [-0.25, -0.2) is 0 Å². The van der Waals surface area contributed by atoms with Crippen molar-refractivity contribution in [2.75, 3.05) is 13.6 Å². The molecule has 0 aromatic heterocycles. The molecule has 0 amide bonds. The first-order chi connectivity index (χ1) is 11.7. The Kier molecular flexibility index (Phi) is 9.83. The second-order valence-corrected chi connectivity index (χ2v) is 5.11. The molecule has 136 valence electrons. The van der Waals surface area contributed by atoms with E-state index >= 15 is 0 Å². The molecule has 0 bridgehead atoms. The SMILES string of the molecule is CN=C(NCCc1ccccc1)NCc1cccc(OC(F)F)c1.I. The zero-order chi connectivity index (χ0) is 17.2. The van der Waals surface area contributed by atoms with E-state index in [1.54, 1.807) is 19.2 Å². The van der Waals surface area contributed by atoms with Crippen LogP contribution in [0.15, 0.2) is 59.6 Å². The second kappa shape index (κ2) is 11.6. The first-order valence-corrected chi connectivity index (χ1v) is 7.69. The number of guanidine groups is 1. The van der Waals surface area contributed by atoms with Gasteiger partial charge in [0.1, 0.15) is 5.75 Å². The summed E-state index contributed by atoms with van der Waals surface area (Å²) in [6, 6.07) is 16.8. The van der Waals surface area contributed by atoms with Gasteiger partial charge in [0.15, 0.2) is 5.96 Å². The Morgan fingerprint density at radius 1 is 1.04 bits per heavy atom. The minimum atomic E-state index is -2.82. The van der Waals surface area contributed by atoms with Crippen LogP contribution in [0.2, 0.25) is 0 Å². The first kappa shape index (κ1) is 21.1. The average molecular weight is 461 g/mol. The monoisotopic (exact) mass is 461 g/mol. The molecular formula is C18H22F2IN3O. The van der Waals surface area contributed by atoms with Crippen molar-refractivity contribution in [3.8, 4) is 5.75 Å². The zero-order valence-corrected chi connectivity index (χ0v) is 16.2. The molecule has 0 atom stereocenters. The molecule has 0 aliphatic rings. The van der Waals surface area contributed by atoms with E-state index in [4.69, 9.17) is 0 Å². The van der Waals surface area contributed by atoms with Crippen LogP contribution in [-0.2, 0) is 13.0 Å². The van der Waals surface area contributed by atoms with Crippen LogP contribution in [-0.4, -0.2) is 26.2 Å². The molecule has 2 rings (SSSR count). The van der Waals surface area contributed by atoms with Crippen LogP contribution in [0.5, 0.6) is 5.75 Å². The summed E-state index contributed by atoms with van der Waals surface area (Å²) in [7, 11) is 1.69. The van der Waals surface area contributed by atoms with E-state index in [9.17, 15) is 8.78 Å². The molecule has 0 unspecified atom stereocenters. The summed E-state index contributed by atoms with van der Waals surface area (Å²) in [5, 5.41) is 6.37. The number of benzene rings is 2. The van der Waals surface area contributed by atoms with Gasteiger partial charge in [0.05, 0.1) is 0 Å². The molecule has 0 saturated heterocycles. The Morgan fingerprint density at radius 2 is 1.76 bits per heavy atom. The maximum Gasteiger partial charge on any atom is 0.387 e. The quantitative estimate of drug-likeness (QED) is 0.375. The van der Waals surface area contributed by atoms with E-state index < -0.39 is 6.61 Å². The Hall–Kier alpha value is -1.90. The van der Waals surface area contributed by atoms with Crippen LogP contribution in [0.4, 0.5) is 8.78 Å². The predicted molar refractivity (Wildman–Crippen MR) is 107 cm³/mol. The van der Waals surface area contributed by atoms with E-state index in [0.717, 1.165) is 18.5 Å². The van der Waals surface area contributed by atoms with Gasteiger partial charge in [-0.15, -0.1) is 24.0 Å². The molecule has 25 heavy (non-hydrogen) atoms. The average Bonchev–Trinajstić information content (AvgIpc) is 2.58. The molecule has 0 spiro atoms. The number of ether oxygens (including phenoxy) is 1. The molecule has 0 aliphatic carbocycles. The van der Waals surface area contributed by atoms with Gasteiger partial charge in [-0.1, -0.05) is 42.5 Å². The smallest absolute Gasteiger partial charge is 0.387 e. The molecular weight excluding hydrogens is 439 g/mol. The van der Waals surface area contributed by atoms with Crippen molar-refractivity contribution < 1.29 is 13.5 Å². The molecule has 7 heteroatoms. The summed E-state index contributed by atoms with van der Waals surface area (Å²) in [4.78, 5) is 4.15. The topological polar surface area (TPSA) is 45.7 Å². The summed E-state index contributed by atoms with van der Waals surface area (Å²) >= 11 is 0. The number of halogens is 3. The molecule has 0 fully saturated rings. The molecule has 0 heterocycles. The fourth-order valence-corrected chi connectivity index (χ4v) is 2.21. The summed E-state index contributed by atoms with van der Waals surface area (Å²) < 4.78 is 28.9. The van der Waals surface area contributed by atoms with Crippen LogP contribution in [0.3, 0.4) is 0 Å². The zero-order valence-electron chi connectivity index (χ0n) is 13.9. The molecule has 0 radical (unpaired) electrons. The van der Waals surface area contributed by atoms with Gasteiger partial charge in [-0.05, 0) is 29.7 Å². The van der Waals surface area contributed by atoms with E-state index in [1.165, 1.54) is 11.6 Å². The highest BCUT2D eigenvalue weighted by Gasteiger charge is 2.05. The van der Waals surface area contributed by atoms with Crippen molar-refractivity contribution in [3.05, 3.63) is 65.7 Å². The van der Waals surface area contributed by atoms with Crippen LogP contribution in [0, 0.1) is 0 Å².